The minimum atomic E-state index is -4.07. The highest BCUT2D eigenvalue weighted by molar-refractivity contribution is 7.89. The van der Waals surface area contributed by atoms with Crippen molar-refractivity contribution in [1.82, 2.24) is 5.32 Å². The number of carbonyl (C=O) groups is 1. The molecule has 3 N–H and O–H groups in total. The number of sulfonamides is 1. The van der Waals surface area contributed by atoms with Crippen molar-refractivity contribution < 1.29 is 17.6 Å². The summed E-state index contributed by atoms with van der Waals surface area (Å²) in [6.45, 7) is 5.82. The molecule has 1 rings (SSSR count). The maximum Gasteiger partial charge on any atom is 0.251 e. The maximum absolute atomic E-state index is 13.5. The number of nitrogens with one attached hydrogen (secondary N) is 1. The molecule has 20 heavy (non-hydrogen) atoms. The predicted octanol–water partition coefficient (Wildman–Crippen LogP) is 1.56. The molecule has 1 amide bonds. The lowest BCUT2D eigenvalue weighted by Crippen LogP contribution is -2.29. The van der Waals surface area contributed by atoms with E-state index in [4.69, 9.17) is 5.14 Å². The van der Waals surface area contributed by atoms with Crippen LogP contribution in [0, 0.1) is 18.7 Å². The Bertz CT molecular complexity index is 614. The summed E-state index contributed by atoms with van der Waals surface area (Å²) < 4.78 is 36.2. The van der Waals surface area contributed by atoms with Gasteiger partial charge in [-0.15, -0.1) is 0 Å². The number of primary sulfonamides is 1. The zero-order valence-electron chi connectivity index (χ0n) is 11.7. The van der Waals surface area contributed by atoms with Gasteiger partial charge in [0.1, 0.15) is 5.82 Å². The van der Waals surface area contributed by atoms with Gasteiger partial charge in [0, 0.05) is 12.1 Å². The summed E-state index contributed by atoms with van der Waals surface area (Å²) in [6, 6.07) is 1.83. The number of hydrogen-bond donors (Lipinski definition) is 2. The number of amides is 1. The second-order valence-electron chi connectivity index (χ2n) is 4.84. The smallest absolute Gasteiger partial charge is 0.251 e. The fourth-order valence-corrected chi connectivity index (χ4v) is 2.51. The van der Waals surface area contributed by atoms with Gasteiger partial charge < -0.3 is 5.32 Å². The van der Waals surface area contributed by atoms with Crippen LogP contribution in [0.25, 0.3) is 0 Å². The first kappa shape index (κ1) is 16.6. The zero-order valence-corrected chi connectivity index (χ0v) is 12.6. The number of nitrogens with two attached hydrogens (primary N) is 1. The van der Waals surface area contributed by atoms with E-state index in [1.807, 2.05) is 13.8 Å². The highest BCUT2D eigenvalue weighted by atomic mass is 32.2. The minimum absolute atomic E-state index is 0.0164. The number of benzene rings is 1. The van der Waals surface area contributed by atoms with Gasteiger partial charge in [0.2, 0.25) is 10.0 Å². The molecule has 0 saturated carbocycles. The average molecular weight is 302 g/mol. The Hall–Kier alpha value is -1.47. The Balaban J connectivity index is 3.13. The maximum atomic E-state index is 13.5. The van der Waals surface area contributed by atoms with Crippen LogP contribution < -0.4 is 10.5 Å². The van der Waals surface area contributed by atoms with Gasteiger partial charge in [-0.05, 0) is 30.5 Å². The van der Waals surface area contributed by atoms with Crippen LogP contribution in [-0.4, -0.2) is 20.9 Å². The lowest BCUT2D eigenvalue weighted by molar-refractivity contribution is 0.0946. The van der Waals surface area contributed by atoms with Crippen molar-refractivity contribution in [1.29, 1.82) is 0 Å². The molecule has 0 aliphatic heterocycles. The van der Waals surface area contributed by atoms with Crippen LogP contribution in [0.5, 0.6) is 0 Å². The van der Waals surface area contributed by atoms with Gasteiger partial charge in [0.15, 0.2) is 0 Å². The first-order valence-corrected chi connectivity index (χ1v) is 7.82. The third-order valence-corrected chi connectivity index (χ3v) is 4.22. The molecule has 7 heteroatoms. The number of rotatable bonds is 5. The molecule has 0 bridgehead atoms. The van der Waals surface area contributed by atoms with Crippen LogP contribution in [0.2, 0.25) is 0 Å². The van der Waals surface area contributed by atoms with Crippen molar-refractivity contribution in [3.8, 4) is 0 Å². The lowest BCUT2D eigenvalue weighted by Gasteiger charge is -2.13. The van der Waals surface area contributed by atoms with E-state index in [-0.39, 0.29) is 21.9 Å². The molecule has 0 radical (unpaired) electrons. The molecular weight excluding hydrogens is 283 g/mol. The van der Waals surface area contributed by atoms with Gasteiger partial charge in [0.05, 0.1) is 4.90 Å². The Labute approximate surface area is 118 Å². The van der Waals surface area contributed by atoms with E-state index in [1.165, 1.54) is 6.92 Å². The Morgan fingerprint density at radius 3 is 2.55 bits per heavy atom. The summed E-state index contributed by atoms with van der Waals surface area (Å²) in [5, 5.41) is 7.67. The van der Waals surface area contributed by atoms with Crippen molar-refractivity contribution in [2.45, 2.75) is 32.1 Å². The first-order valence-electron chi connectivity index (χ1n) is 6.28. The fraction of sp³-hybridized carbons (Fsp3) is 0.462. The third-order valence-electron chi connectivity index (χ3n) is 3.18. The summed E-state index contributed by atoms with van der Waals surface area (Å²) >= 11 is 0. The van der Waals surface area contributed by atoms with E-state index in [0.717, 1.165) is 18.6 Å². The molecule has 0 spiro atoms. The third kappa shape index (κ3) is 4.01. The molecule has 5 nitrogen and oxygen atoms in total. The van der Waals surface area contributed by atoms with Crippen molar-refractivity contribution in [2.24, 2.45) is 11.1 Å². The Kier molecular flexibility index (Phi) is 5.24. The highest BCUT2D eigenvalue weighted by Crippen LogP contribution is 2.20. The minimum Gasteiger partial charge on any atom is -0.352 e. The molecule has 1 aromatic rings. The number of hydrogen-bond acceptors (Lipinski definition) is 3. The first-order chi connectivity index (χ1) is 9.16. The van der Waals surface area contributed by atoms with E-state index in [1.54, 1.807) is 0 Å². The molecule has 1 aromatic carbocycles. The molecule has 112 valence electrons. The van der Waals surface area contributed by atoms with E-state index in [2.05, 4.69) is 5.32 Å². The Morgan fingerprint density at radius 1 is 1.45 bits per heavy atom. The molecule has 0 aromatic heterocycles. The molecule has 1 atom stereocenters. The summed E-state index contributed by atoms with van der Waals surface area (Å²) in [5.41, 5.74) is 0.132. The van der Waals surface area contributed by atoms with Crippen molar-refractivity contribution in [3.63, 3.8) is 0 Å². The van der Waals surface area contributed by atoms with Crippen LogP contribution in [0.15, 0.2) is 17.0 Å². The summed E-state index contributed by atoms with van der Waals surface area (Å²) in [7, 11) is -4.07. The topological polar surface area (TPSA) is 89.3 Å². The molecule has 0 fully saturated rings. The second kappa shape index (κ2) is 6.32. The molecule has 0 saturated heterocycles. The standard InChI is InChI=1S/C13H19FN2O3S/c1-4-8(2)7-16-13(17)11-5-10(14)6-12(9(11)3)20(15,18)19/h5-6,8H,4,7H2,1-3H3,(H,16,17)(H2,15,18,19). The van der Waals surface area contributed by atoms with Gasteiger partial charge in [-0.1, -0.05) is 20.3 Å². The largest absolute Gasteiger partial charge is 0.352 e. The van der Waals surface area contributed by atoms with Gasteiger partial charge >= 0.3 is 0 Å². The van der Waals surface area contributed by atoms with Gasteiger partial charge in [-0.3, -0.25) is 4.79 Å². The Morgan fingerprint density at radius 2 is 2.05 bits per heavy atom. The van der Waals surface area contributed by atoms with E-state index in [9.17, 15) is 17.6 Å². The average Bonchev–Trinajstić information content (AvgIpc) is 2.36. The normalized spacial score (nSPS) is 13.1. The van der Waals surface area contributed by atoms with Crippen molar-refractivity contribution >= 4 is 15.9 Å². The van der Waals surface area contributed by atoms with Gasteiger partial charge in [0.25, 0.3) is 5.91 Å². The zero-order chi connectivity index (χ0) is 15.5. The van der Waals surface area contributed by atoms with E-state index < -0.39 is 21.7 Å². The van der Waals surface area contributed by atoms with Crippen LogP contribution in [0.4, 0.5) is 4.39 Å². The number of halogens is 1. The molecule has 0 heterocycles. The summed E-state index contributed by atoms with van der Waals surface area (Å²) in [6.07, 6.45) is 0.894. The van der Waals surface area contributed by atoms with Gasteiger partial charge in [-0.2, -0.15) is 0 Å². The molecule has 0 aliphatic carbocycles. The van der Waals surface area contributed by atoms with Crippen LogP contribution in [-0.2, 0) is 10.0 Å². The van der Waals surface area contributed by atoms with Crippen LogP contribution >= 0.6 is 0 Å². The highest BCUT2D eigenvalue weighted by Gasteiger charge is 2.20. The number of carbonyl (C=O) groups excluding carboxylic acids is 1. The summed E-state index contributed by atoms with van der Waals surface area (Å²) in [4.78, 5) is 11.6. The summed E-state index contributed by atoms with van der Waals surface area (Å²) in [5.74, 6) is -1.04. The molecular formula is C13H19FN2O3S. The second-order valence-corrected chi connectivity index (χ2v) is 6.37. The van der Waals surface area contributed by atoms with Crippen molar-refractivity contribution in [2.75, 3.05) is 6.54 Å². The van der Waals surface area contributed by atoms with Crippen molar-refractivity contribution in [3.05, 3.63) is 29.1 Å². The van der Waals surface area contributed by atoms with Crippen LogP contribution in [0.3, 0.4) is 0 Å². The SMILES string of the molecule is CCC(C)CNC(=O)c1cc(F)cc(S(N)(=O)=O)c1C. The molecule has 1 unspecified atom stereocenters. The van der Waals surface area contributed by atoms with E-state index >= 15 is 0 Å². The fourth-order valence-electron chi connectivity index (χ4n) is 1.69. The lowest BCUT2D eigenvalue weighted by atomic mass is 10.1. The quantitative estimate of drug-likeness (QED) is 0.865. The monoisotopic (exact) mass is 302 g/mol. The molecule has 0 aliphatic rings. The van der Waals surface area contributed by atoms with Crippen LogP contribution in [0.1, 0.15) is 36.2 Å². The predicted molar refractivity (Wildman–Crippen MR) is 74.3 cm³/mol. The van der Waals surface area contributed by atoms with E-state index in [0.29, 0.717) is 6.54 Å². The van der Waals surface area contributed by atoms with Gasteiger partial charge in [-0.25, -0.2) is 17.9 Å².